The Morgan fingerprint density at radius 2 is 1.68 bits per heavy atom. The molecule has 0 aliphatic carbocycles. The number of carbonyl (C=O) groups is 1. The van der Waals surface area contributed by atoms with Gasteiger partial charge in [-0.1, -0.05) is 32.0 Å². The van der Waals surface area contributed by atoms with Gasteiger partial charge in [-0.15, -0.1) is 24.0 Å². The highest BCUT2D eigenvalue weighted by molar-refractivity contribution is 14.0. The molecule has 6 heteroatoms. The smallest absolute Gasteiger partial charge is 0.251 e. The lowest BCUT2D eigenvalue weighted by Crippen LogP contribution is -2.46. The average Bonchev–Trinajstić information content (AvgIpc) is 2.50. The van der Waals surface area contributed by atoms with Crippen molar-refractivity contribution >= 4 is 35.8 Å². The highest BCUT2D eigenvalue weighted by atomic mass is 127. The Morgan fingerprint density at radius 1 is 1.09 bits per heavy atom. The van der Waals surface area contributed by atoms with Gasteiger partial charge in [0.2, 0.25) is 0 Å². The molecule has 1 amide bonds. The van der Waals surface area contributed by atoms with Crippen LogP contribution in [-0.4, -0.2) is 38.0 Å². The Bertz CT molecular complexity index is 462. The van der Waals surface area contributed by atoms with Crippen LogP contribution in [0.3, 0.4) is 0 Å². The first-order valence-corrected chi connectivity index (χ1v) is 7.35. The second-order valence-corrected chi connectivity index (χ2v) is 5.30. The average molecular weight is 418 g/mol. The number of amides is 1. The molecule has 124 valence electrons. The van der Waals surface area contributed by atoms with Crippen LogP contribution in [0.4, 0.5) is 0 Å². The van der Waals surface area contributed by atoms with E-state index in [4.69, 9.17) is 0 Å². The van der Waals surface area contributed by atoms with Gasteiger partial charge in [-0.05, 0) is 25.0 Å². The van der Waals surface area contributed by atoms with E-state index in [0.29, 0.717) is 30.6 Å². The Hall–Kier alpha value is -1.31. The molecule has 0 radical (unpaired) electrons. The van der Waals surface area contributed by atoms with Gasteiger partial charge >= 0.3 is 0 Å². The van der Waals surface area contributed by atoms with E-state index in [9.17, 15) is 4.79 Å². The molecule has 0 aromatic heterocycles. The maximum Gasteiger partial charge on any atom is 0.251 e. The zero-order chi connectivity index (χ0) is 15.7. The monoisotopic (exact) mass is 418 g/mol. The molecule has 1 aromatic carbocycles. The van der Waals surface area contributed by atoms with Crippen LogP contribution >= 0.6 is 24.0 Å². The maximum absolute atomic E-state index is 11.8. The van der Waals surface area contributed by atoms with Gasteiger partial charge < -0.3 is 16.0 Å². The summed E-state index contributed by atoms with van der Waals surface area (Å²) in [7, 11) is 1.74. The molecule has 0 aliphatic rings. The minimum atomic E-state index is -0.0594. The van der Waals surface area contributed by atoms with Crippen molar-refractivity contribution < 1.29 is 4.79 Å². The van der Waals surface area contributed by atoms with E-state index in [-0.39, 0.29) is 29.9 Å². The molecule has 1 rings (SSSR count). The summed E-state index contributed by atoms with van der Waals surface area (Å²) < 4.78 is 0. The van der Waals surface area contributed by atoms with Crippen molar-refractivity contribution in [3.05, 3.63) is 35.9 Å². The molecule has 1 atom stereocenters. The van der Waals surface area contributed by atoms with Gasteiger partial charge in [0.15, 0.2) is 5.96 Å². The topological polar surface area (TPSA) is 65.5 Å². The minimum Gasteiger partial charge on any atom is -0.355 e. The van der Waals surface area contributed by atoms with Crippen molar-refractivity contribution in [2.24, 2.45) is 10.9 Å². The van der Waals surface area contributed by atoms with Crippen LogP contribution in [0.25, 0.3) is 0 Å². The first kappa shape index (κ1) is 20.7. The fourth-order valence-corrected chi connectivity index (χ4v) is 1.63. The highest BCUT2D eigenvalue weighted by Crippen LogP contribution is 1.99. The Morgan fingerprint density at radius 3 is 2.23 bits per heavy atom. The third kappa shape index (κ3) is 7.63. The van der Waals surface area contributed by atoms with Crippen molar-refractivity contribution in [3.8, 4) is 0 Å². The number of nitrogens with zero attached hydrogens (tertiary/aromatic N) is 1. The normalized spacial score (nSPS) is 12.3. The summed E-state index contributed by atoms with van der Waals surface area (Å²) in [5.41, 5.74) is 0.674. The van der Waals surface area contributed by atoms with Crippen LogP contribution in [0, 0.1) is 5.92 Å². The second-order valence-electron chi connectivity index (χ2n) is 5.30. The number of halogens is 1. The fourth-order valence-electron chi connectivity index (χ4n) is 1.63. The van der Waals surface area contributed by atoms with Crippen molar-refractivity contribution in [3.63, 3.8) is 0 Å². The lowest BCUT2D eigenvalue weighted by molar-refractivity contribution is 0.0954. The molecule has 1 unspecified atom stereocenters. The Kier molecular flexibility index (Phi) is 10.6. The van der Waals surface area contributed by atoms with Crippen LogP contribution in [0.15, 0.2) is 35.3 Å². The van der Waals surface area contributed by atoms with Crippen LogP contribution in [0.2, 0.25) is 0 Å². The van der Waals surface area contributed by atoms with Crippen LogP contribution in [0.1, 0.15) is 31.1 Å². The molecule has 0 bridgehead atoms. The van der Waals surface area contributed by atoms with Crippen molar-refractivity contribution in [2.75, 3.05) is 20.1 Å². The first-order valence-electron chi connectivity index (χ1n) is 7.35. The van der Waals surface area contributed by atoms with Crippen LogP contribution in [0.5, 0.6) is 0 Å². The maximum atomic E-state index is 11.8. The molecule has 3 N–H and O–H groups in total. The summed E-state index contributed by atoms with van der Waals surface area (Å²) in [6, 6.07) is 9.54. The Balaban J connectivity index is 0.00000441. The number of aliphatic imine (C=N–C) groups is 1. The molecule has 1 aromatic rings. The number of rotatable bonds is 6. The first-order chi connectivity index (χ1) is 10.0. The predicted molar refractivity (Wildman–Crippen MR) is 103 cm³/mol. The molecule has 0 aliphatic heterocycles. The number of carbonyl (C=O) groups excluding carboxylic acids is 1. The summed E-state index contributed by atoms with van der Waals surface area (Å²) in [5, 5.41) is 9.37. The summed E-state index contributed by atoms with van der Waals surface area (Å²) in [6.07, 6.45) is 0. The third-order valence-electron chi connectivity index (χ3n) is 3.33. The van der Waals surface area contributed by atoms with E-state index in [1.54, 1.807) is 19.2 Å². The molecule has 0 heterocycles. The molecule has 22 heavy (non-hydrogen) atoms. The molecule has 0 spiro atoms. The summed E-state index contributed by atoms with van der Waals surface area (Å²) in [6.45, 7) is 7.61. The van der Waals surface area contributed by atoms with Gasteiger partial charge in [-0.3, -0.25) is 9.79 Å². The summed E-state index contributed by atoms with van der Waals surface area (Å²) >= 11 is 0. The minimum absolute atomic E-state index is 0. The predicted octanol–water partition coefficient (Wildman–Crippen LogP) is 2.24. The van der Waals surface area contributed by atoms with Gasteiger partial charge in [-0.2, -0.15) is 0 Å². The van der Waals surface area contributed by atoms with E-state index >= 15 is 0 Å². The van der Waals surface area contributed by atoms with Crippen molar-refractivity contribution in [1.82, 2.24) is 16.0 Å². The molecule has 0 saturated carbocycles. The van der Waals surface area contributed by atoms with Gasteiger partial charge in [-0.25, -0.2) is 0 Å². The van der Waals surface area contributed by atoms with Crippen LogP contribution in [-0.2, 0) is 0 Å². The standard InChI is InChI=1S/C16H26N4O.HI/c1-12(2)13(3)20-16(17-4)19-11-10-18-15(21)14-8-6-5-7-9-14;/h5-9,12-13H,10-11H2,1-4H3,(H,18,21)(H2,17,19,20);1H. The van der Waals surface area contributed by atoms with Gasteiger partial charge in [0, 0.05) is 31.7 Å². The lowest BCUT2D eigenvalue weighted by Gasteiger charge is -2.20. The number of guanidine groups is 1. The van der Waals surface area contributed by atoms with E-state index in [1.165, 1.54) is 0 Å². The van der Waals surface area contributed by atoms with Crippen molar-refractivity contribution in [2.45, 2.75) is 26.8 Å². The quantitative estimate of drug-likeness (QED) is 0.287. The van der Waals surface area contributed by atoms with Gasteiger partial charge in [0.25, 0.3) is 5.91 Å². The zero-order valence-corrected chi connectivity index (χ0v) is 16.0. The van der Waals surface area contributed by atoms with Gasteiger partial charge in [0.05, 0.1) is 0 Å². The Labute approximate surface area is 150 Å². The number of nitrogens with one attached hydrogen (secondary N) is 3. The molecular weight excluding hydrogens is 391 g/mol. The molecule has 0 saturated heterocycles. The summed E-state index contributed by atoms with van der Waals surface area (Å²) in [4.78, 5) is 16.0. The van der Waals surface area contributed by atoms with E-state index in [1.807, 2.05) is 18.2 Å². The largest absolute Gasteiger partial charge is 0.355 e. The number of benzene rings is 1. The van der Waals surface area contributed by atoms with Gasteiger partial charge in [0.1, 0.15) is 0 Å². The van der Waals surface area contributed by atoms with E-state index in [0.717, 1.165) is 5.96 Å². The third-order valence-corrected chi connectivity index (χ3v) is 3.33. The highest BCUT2D eigenvalue weighted by Gasteiger charge is 2.08. The second kappa shape index (κ2) is 11.3. The zero-order valence-electron chi connectivity index (χ0n) is 13.7. The lowest BCUT2D eigenvalue weighted by atomic mass is 10.1. The molecular formula is C16H27IN4O. The van der Waals surface area contributed by atoms with Crippen molar-refractivity contribution in [1.29, 1.82) is 0 Å². The van der Waals surface area contributed by atoms with E-state index in [2.05, 4.69) is 41.7 Å². The number of hydrogen-bond donors (Lipinski definition) is 3. The molecule has 5 nitrogen and oxygen atoms in total. The van der Waals surface area contributed by atoms with E-state index < -0.39 is 0 Å². The fraction of sp³-hybridized carbons (Fsp3) is 0.500. The SMILES string of the molecule is CN=C(NCCNC(=O)c1ccccc1)NC(C)C(C)C.I. The van der Waals surface area contributed by atoms with Crippen LogP contribution < -0.4 is 16.0 Å². The summed E-state index contributed by atoms with van der Waals surface area (Å²) in [5.74, 6) is 1.22. The number of hydrogen-bond acceptors (Lipinski definition) is 2. The molecule has 0 fully saturated rings.